The van der Waals surface area contributed by atoms with Gasteiger partial charge in [-0.1, -0.05) is 40.2 Å². The molecule has 0 saturated heterocycles. The molecule has 2 rings (SSSR count). The normalized spacial score (nSPS) is 14.9. The molecule has 0 fully saturated rings. The van der Waals surface area contributed by atoms with Crippen molar-refractivity contribution in [3.05, 3.63) is 52.0 Å². The Bertz CT molecular complexity index is 501. The molecule has 0 heterocycles. The molecule has 1 aromatic carbocycles. The summed E-state index contributed by atoms with van der Waals surface area (Å²) in [5.41, 5.74) is 3.57. The third-order valence-corrected chi connectivity index (χ3v) is 3.62. The second-order valence-corrected chi connectivity index (χ2v) is 4.79. The topological polar surface area (TPSA) is 26.3 Å². The van der Waals surface area contributed by atoms with E-state index in [2.05, 4.69) is 32.8 Å². The van der Waals surface area contributed by atoms with Crippen LogP contribution in [0.25, 0.3) is 5.57 Å². The number of allylic oxidation sites excluding steroid dienone is 3. The minimum Gasteiger partial charge on any atom is -0.466 e. The van der Waals surface area contributed by atoms with Gasteiger partial charge in [-0.05, 0) is 35.6 Å². The van der Waals surface area contributed by atoms with Gasteiger partial charge in [-0.15, -0.1) is 0 Å². The van der Waals surface area contributed by atoms with Crippen molar-refractivity contribution in [2.75, 3.05) is 7.11 Å². The number of fused-ring (bicyclic) bond motifs is 1. The van der Waals surface area contributed by atoms with Crippen molar-refractivity contribution in [1.82, 2.24) is 0 Å². The van der Waals surface area contributed by atoms with Gasteiger partial charge < -0.3 is 4.74 Å². The summed E-state index contributed by atoms with van der Waals surface area (Å²) < 4.78 is 5.74. The first-order valence-electron chi connectivity index (χ1n) is 5.45. The van der Waals surface area contributed by atoms with E-state index in [1.54, 1.807) is 0 Å². The molecule has 88 valence electrons. The molecule has 0 radical (unpaired) electrons. The molecule has 0 aliphatic heterocycles. The van der Waals surface area contributed by atoms with Crippen molar-refractivity contribution in [3.63, 3.8) is 0 Å². The molecule has 1 aliphatic carbocycles. The fourth-order valence-electron chi connectivity index (χ4n) is 1.93. The average Bonchev–Trinajstić information content (AvgIpc) is 2.37. The number of carbonyl (C=O) groups excluding carboxylic acids is 1. The van der Waals surface area contributed by atoms with Crippen molar-refractivity contribution in [1.29, 1.82) is 0 Å². The quantitative estimate of drug-likeness (QED) is 0.616. The minimum absolute atomic E-state index is 0.333. The first kappa shape index (κ1) is 12.1. The number of aryl methyl sites for hydroxylation is 1. The van der Waals surface area contributed by atoms with Crippen LogP contribution in [0.2, 0.25) is 0 Å². The molecule has 0 atom stereocenters. The summed E-state index contributed by atoms with van der Waals surface area (Å²) in [6.07, 6.45) is 5.27. The zero-order valence-corrected chi connectivity index (χ0v) is 11.2. The van der Waals surface area contributed by atoms with E-state index in [1.165, 1.54) is 24.3 Å². The van der Waals surface area contributed by atoms with E-state index in [0.29, 0.717) is 0 Å². The molecule has 0 N–H and O–H groups in total. The summed E-state index contributed by atoms with van der Waals surface area (Å²) in [6, 6.07) is 8.25. The Balaban J connectivity index is 2.37. The highest BCUT2D eigenvalue weighted by Gasteiger charge is 2.15. The second-order valence-electron chi connectivity index (χ2n) is 3.83. The largest absolute Gasteiger partial charge is 0.466 e. The third-order valence-electron chi connectivity index (χ3n) is 2.80. The van der Waals surface area contributed by atoms with Crippen LogP contribution in [0.3, 0.4) is 0 Å². The molecular weight excluding hydrogens is 280 g/mol. The lowest BCUT2D eigenvalue weighted by Crippen LogP contribution is -2.01. The van der Waals surface area contributed by atoms with Gasteiger partial charge in [0.1, 0.15) is 0 Å². The molecule has 1 aromatic rings. The van der Waals surface area contributed by atoms with Gasteiger partial charge >= 0.3 is 5.97 Å². The monoisotopic (exact) mass is 292 g/mol. The van der Waals surface area contributed by atoms with Crippen LogP contribution in [0.1, 0.15) is 17.5 Å². The van der Waals surface area contributed by atoms with Gasteiger partial charge in [-0.3, -0.25) is 0 Å². The molecule has 2 nitrogen and oxygen atoms in total. The number of ether oxygens (including phenoxy) is 1. The number of esters is 1. The van der Waals surface area contributed by atoms with Crippen molar-refractivity contribution in [2.24, 2.45) is 0 Å². The van der Waals surface area contributed by atoms with E-state index >= 15 is 0 Å². The maximum absolute atomic E-state index is 11.1. The number of hydrogen-bond acceptors (Lipinski definition) is 2. The van der Waals surface area contributed by atoms with E-state index in [-0.39, 0.29) is 5.97 Å². The Morgan fingerprint density at radius 1 is 1.35 bits per heavy atom. The molecule has 0 unspecified atom stereocenters. The number of rotatable bonds is 2. The third kappa shape index (κ3) is 2.67. The van der Waals surface area contributed by atoms with Crippen LogP contribution in [0.15, 0.2) is 40.9 Å². The highest BCUT2D eigenvalue weighted by atomic mass is 79.9. The Labute approximate surface area is 109 Å². The molecule has 0 saturated carbocycles. The molecule has 0 amide bonds. The SMILES string of the molecule is COC(=O)/C=C/C1=C(Br)CCc2ccccc21. The van der Waals surface area contributed by atoms with Gasteiger partial charge in [0.2, 0.25) is 0 Å². The Morgan fingerprint density at radius 2 is 2.12 bits per heavy atom. The van der Waals surface area contributed by atoms with Crippen LogP contribution in [-0.2, 0) is 16.0 Å². The van der Waals surface area contributed by atoms with Crippen LogP contribution in [0.5, 0.6) is 0 Å². The van der Waals surface area contributed by atoms with Crippen molar-refractivity contribution in [3.8, 4) is 0 Å². The zero-order chi connectivity index (χ0) is 12.3. The predicted molar refractivity (Wildman–Crippen MR) is 71.8 cm³/mol. The summed E-state index contributed by atoms with van der Waals surface area (Å²) in [4.78, 5) is 11.1. The summed E-state index contributed by atoms with van der Waals surface area (Å²) in [5, 5.41) is 0. The lowest BCUT2D eigenvalue weighted by atomic mass is 9.90. The number of benzene rings is 1. The molecule has 0 bridgehead atoms. The van der Waals surface area contributed by atoms with Crippen molar-refractivity contribution < 1.29 is 9.53 Å². The van der Waals surface area contributed by atoms with Gasteiger partial charge in [-0.2, -0.15) is 0 Å². The van der Waals surface area contributed by atoms with E-state index < -0.39 is 0 Å². The summed E-state index contributed by atoms with van der Waals surface area (Å²) in [6.45, 7) is 0. The van der Waals surface area contributed by atoms with Crippen LogP contribution < -0.4 is 0 Å². The van der Waals surface area contributed by atoms with Gasteiger partial charge in [0.25, 0.3) is 0 Å². The highest BCUT2D eigenvalue weighted by molar-refractivity contribution is 9.11. The lowest BCUT2D eigenvalue weighted by molar-refractivity contribution is -0.134. The first-order valence-corrected chi connectivity index (χ1v) is 6.24. The van der Waals surface area contributed by atoms with Gasteiger partial charge in [0, 0.05) is 10.6 Å². The average molecular weight is 293 g/mol. The van der Waals surface area contributed by atoms with E-state index in [4.69, 9.17) is 0 Å². The van der Waals surface area contributed by atoms with Gasteiger partial charge in [-0.25, -0.2) is 4.79 Å². The van der Waals surface area contributed by atoms with Gasteiger partial charge in [0.05, 0.1) is 7.11 Å². The number of methoxy groups -OCH3 is 1. The fraction of sp³-hybridized carbons (Fsp3) is 0.214. The summed E-state index contributed by atoms with van der Waals surface area (Å²) in [7, 11) is 1.38. The van der Waals surface area contributed by atoms with E-state index in [1.807, 2.05) is 18.2 Å². The van der Waals surface area contributed by atoms with Crippen LogP contribution in [-0.4, -0.2) is 13.1 Å². The Morgan fingerprint density at radius 3 is 2.88 bits per heavy atom. The molecular formula is C14H13BrO2. The molecule has 3 heteroatoms. The van der Waals surface area contributed by atoms with Crippen LogP contribution in [0.4, 0.5) is 0 Å². The minimum atomic E-state index is -0.333. The highest BCUT2D eigenvalue weighted by Crippen LogP contribution is 2.34. The summed E-state index contributed by atoms with van der Waals surface area (Å²) >= 11 is 3.57. The number of hydrogen-bond donors (Lipinski definition) is 0. The molecule has 17 heavy (non-hydrogen) atoms. The van der Waals surface area contributed by atoms with Gasteiger partial charge in [0.15, 0.2) is 0 Å². The smallest absolute Gasteiger partial charge is 0.330 e. The van der Waals surface area contributed by atoms with E-state index in [9.17, 15) is 4.79 Å². The lowest BCUT2D eigenvalue weighted by Gasteiger charge is -2.18. The summed E-state index contributed by atoms with van der Waals surface area (Å²) in [5.74, 6) is -0.333. The Hall–Kier alpha value is -1.35. The number of carbonyl (C=O) groups is 1. The Kier molecular flexibility index (Phi) is 3.79. The van der Waals surface area contributed by atoms with E-state index in [0.717, 1.165) is 22.9 Å². The van der Waals surface area contributed by atoms with Crippen LogP contribution in [0, 0.1) is 0 Å². The standard InChI is InChI=1S/C14H13BrO2/c1-17-14(16)9-7-12-11-5-3-2-4-10(11)6-8-13(12)15/h2-5,7,9H,6,8H2,1H3/b9-7+. The maximum Gasteiger partial charge on any atom is 0.330 e. The molecule has 0 spiro atoms. The maximum atomic E-state index is 11.1. The van der Waals surface area contributed by atoms with Crippen molar-refractivity contribution >= 4 is 27.5 Å². The second kappa shape index (κ2) is 5.32. The predicted octanol–water partition coefficient (Wildman–Crippen LogP) is 3.47. The van der Waals surface area contributed by atoms with Crippen molar-refractivity contribution in [2.45, 2.75) is 12.8 Å². The molecule has 0 aromatic heterocycles. The molecule has 1 aliphatic rings. The number of halogens is 1. The fourth-order valence-corrected chi connectivity index (χ4v) is 2.47. The first-order chi connectivity index (χ1) is 8.22. The zero-order valence-electron chi connectivity index (χ0n) is 9.57. The van der Waals surface area contributed by atoms with Crippen LogP contribution >= 0.6 is 15.9 Å².